The molecule has 0 atom stereocenters. The van der Waals surface area contributed by atoms with Gasteiger partial charge in [-0.25, -0.2) is 0 Å². The van der Waals surface area contributed by atoms with Crippen molar-refractivity contribution in [2.45, 2.75) is 32.1 Å². The van der Waals surface area contributed by atoms with Crippen LogP contribution in [0.2, 0.25) is 0 Å². The Labute approximate surface area is 186 Å². The third-order valence-corrected chi connectivity index (χ3v) is 5.52. The molecule has 0 radical (unpaired) electrons. The fraction of sp³-hybridized carbons (Fsp3) is 0.320. The van der Waals surface area contributed by atoms with Crippen LogP contribution in [0.5, 0.6) is 0 Å². The molecule has 2 aromatic carbocycles. The first-order valence-electron chi connectivity index (χ1n) is 10.2. The molecule has 4 rings (SSSR count). The molecule has 0 saturated carbocycles. The summed E-state index contributed by atoms with van der Waals surface area (Å²) >= 11 is 0. The van der Waals surface area contributed by atoms with Gasteiger partial charge in [0.25, 0.3) is 0 Å². The van der Waals surface area contributed by atoms with Gasteiger partial charge in [0.15, 0.2) is 0 Å². The molecule has 0 aliphatic carbocycles. The average Bonchev–Trinajstić information content (AvgIpc) is 2.74. The van der Waals surface area contributed by atoms with Crippen molar-refractivity contribution in [2.75, 3.05) is 19.6 Å². The largest absolute Gasteiger partial charge is 0.299 e. The second-order valence-electron chi connectivity index (χ2n) is 7.49. The van der Waals surface area contributed by atoms with Crippen LogP contribution in [0.15, 0.2) is 72.9 Å². The van der Waals surface area contributed by atoms with Gasteiger partial charge < -0.3 is 0 Å². The SMILES string of the molecule is C1=C(c2ccccc2)CCN(CCCCCc2cnc3ccccc3c2)C1.Cl.Cl. The number of aromatic nitrogens is 1. The van der Waals surface area contributed by atoms with Gasteiger partial charge in [0.1, 0.15) is 0 Å². The predicted octanol–water partition coefficient (Wildman–Crippen LogP) is 6.58. The summed E-state index contributed by atoms with van der Waals surface area (Å²) in [4.78, 5) is 7.16. The number of aryl methyl sites for hydroxylation is 1. The molecule has 0 bridgehead atoms. The van der Waals surface area contributed by atoms with Crippen molar-refractivity contribution in [1.29, 1.82) is 0 Å². The standard InChI is InChI=1S/C25H28N2.2ClH/c1-4-10-22(11-5-1)23-14-17-27(18-15-23)16-8-2-3-9-21-19-24-12-6-7-13-25(24)26-20-21;;/h1,4-7,10-14,19-20H,2-3,8-9,15-18H2;2*1H. The molecule has 2 nitrogen and oxygen atoms in total. The Balaban J connectivity index is 0.00000150. The summed E-state index contributed by atoms with van der Waals surface area (Å²) in [6.07, 6.45) is 10.6. The second kappa shape index (κ2) is 12.0. The van der Waals surface area contributed by atoms with Crippen LogP contribution in [0, 0.1) is 0 Å². The number of halogens is 2. The van der Waals surface area contributed by atoms with Crippen molar-refractivity contribution >= 4 is 41.3 Å². The summed E-state index contributed by atoms with van der Waals surface area (Å²) in [6, 6.07) is 21.5. The Bertz CT molecular complexity index is 909. The molecule has 0 fully saturated rings. The molecule has 1 aliphatic rings. The maximum Gasteiger partial charge on any atom is 0.0702 e. The number of nitrogens with zero attached hydrogens (tertiary/aromatic N) is 2. The normalized spacial score (nSPS) is 14.0. The summed E-state index contributed by atoms with van der Waals surface area (Å²) in [7, 11) is 0. The van der Waals surface area contributed by atoms with Crippen molar-refractivity contribution in [3.8, 4) is 0 Å². The zero-order valence-electron chi connectivity index (χ0n) is 16.8. The molecular formula is C25H30Cl2N2. The topological polar surface area (TPSA) is 16.1 Å². The molecule has 2 heterocycles. The van der Waals surface area contributed by atoms with E-state index in [1.165, 1.54) is 60.9 Å². The van der Waals surface area contributed by atoms with Crippen LogP contribution in [0.3, 0.4) is 0 Å². The van der Waals surface area contributed by atoms with Gasteiger partial charge in [0.05, 0.1) is 5.52 Å². The van der Waals surface area contributed by atoms with E-state index in [1.54, 1.807) is 0 Å². The van der Waals surface area contributed by atoms with E-state index in [0.29, 0.717) is 0 Å². The zero-order chi connectivity index (χ0) is 18.3. The number of hydrogen-bond acceptors (Lipinski definition) is 2. The highest BCUT2D eigenvalue weighted by Crippen LogP contribution is 2.22. The number of rotatable bonds is 7. The summed E-state index contributed by atoms with van der Waals surface area (Å²) in [5.74, 6) is 0. The first kappa shape index (κ1) is 23.4. The quantitative estimate of drug-likeness (QED) is 0.395. The van der Waals surface area contributed by atoms with Crippen molar-refractivity contribution in [3.63, 3.8) is 0 Å². The summed E-state index contributed by atoms with van der Waals surface area (Å²) in [5.41, 5.74) is 5.35. The third kappa shape index (κ3) is 6.57. The number of para-hydroxylation sites is 1. The molecule has 0 spiro atoms. The van der Waals surface area contributed by atoms with E-state index in [1.807, 2.05) is 12.3 Å². The summed E-state index contributed by atoms with van der Waals surface area (Å²) in [5, 5.41) is 1.25. The number of unbranched alkanes of at least 4 members (excludes halogenated alkanes) is 2. The first-order chi connectivity index (χ1) is 13.4. The van der Waals surface area contributed by atoms with E-state index in [0.717, 1.165) is 18.5 Å². The smallest absolute Gasteiger partial charge is 0.0702 e. The molecule has 29 heavy (non-hydrogen) atoms. The van der Waals surface area contributed by atoms with Gasteiger partial charge in [0.2, 0.25) is 0 Å². The number of hydrogen-bond donors (Lipinski definition) is 0. The Hall–Kier alpha value is -1.87. The molecule has 1 aromatic heterocycles. The van der Waals surface area contributed by atoms with Crippen LogP contribution in [-0.2, 0) is 6.42 Å². The molecule has 0 saturated heterocycles. The lowest BCUT2D eigenvalue weighted by atomic mass is 9.99. The van der Waals surface area contributed by atoms with Crippen molar-refractivity contribution < 1.29 is 0 Å². The minimum absolute atomic E-state index is 0. The number of benzene rings is 2. The fourth-order valence-electron chi connectivity index (χ4n) is 3.92. The van der Waals surface area contributed by atoms with Gasteiger partial charge in [-0.1, -0.05) is 61.0 Å². The van der Waals surface area contributed by atoms with Gasteiger partial charge in [0, 0.05) is 24.7 Å². The van der Waals surface area contributed by atoms with Crippen LogP contribution >= 0.6 is 24.8 Å². The molecule has 0 amide bonds. The van der Waals surface area contributed by atoms with Gasteiger partial charge in [-0.2, -0.15) is 0 Å². The predicted molar refractivity (Wildman–Crippen MR) is 129 cm³/mol. The minimum atomic E-state index is 0. The van der Waals surface area contributed by atoms with Crippen LogP contribution < -0.4 is 0 Å². The molecule has 3 aromatic rings. The monoisotopic (exact) mass is 428 g/mol. The van der Waals surface area contributed by atoms with E-state index in [4.69, 9.17) is 0 Å². The van der Waals surface area contributed by atoms with Gasteiger partial charge in [-0.3, -0.25) is 9.88 Å². The highest BCUT2D eigenvalue weighted by atomic mass is 35.5. The molecule has 0 N–H and O–H groups in total. The number of pyridine rings is 1. The van der Waals surface area contributed by atoms with E-state index in [-0.39, 0.29) is 24.8 Å². The zero-order valence-corrected chi connectivity index (χ0v) is 18.4. The van der Waals surface area contributed by atoms with E-state index in [9.17, 15) is 0 Å². The maximum atomic E-state index is 4.57. The lowest BCUT2D eigenvalue weighted by Crippen LogP contribution is -2.29. The molecule has 4 heteroatoms. The molecule has 0 unspecified atom stereocenters. The van der Waals surface area contributed by atoms with E-state index < -0.39 is 0 Å². The van der Waals surface area contributed by atoms with Gasteiger partial charge >= 0.3 is 0 Å². The molecule has 154 valence electrons. The Morgan fingerprint density at radius 3 is 2.45 bits per heavy atom. The second-order valence-corrected chi connectivity index (χ2v) is 7.49. The summed E-state index contributed by atoms with van der Waals surface area (Å²) in [6.45, 7) is 3.50. The average molecular weight is 429 g/mol. The third-order valence-electron chi connectivity index (χ3n) is 5.52. The highest BCUT2D eigenvalue weighted by molar-refractivity contribution is 5.85. The van der Waals surface area contributed by atoms with E-state index in [2.05, 4.69) is 70.6 Å². The van der Waals surface area contributed by atoms with Crippen molar-refractivity contribution in [2.24, 2.45) is 0 Å². The fourth-order valence-corrected chi connectivity index (χ4v) is 3.92. The Morgan fingerprint density at radius 1 is 0.862 bits per heavy atom. The minimum Gasteiger partial charge on any atom is -0.299 e. The van der Waals surface area contributed by atoms with Crippen LogP contribution in [-0.4, -0.2) is 29.5 Å². The first-order valence-corrected chi connectivity index (χ1v) is 10.2. The van der Waals surface area contributed by atoms with Crippen LogP contribution in [0.25, 0.3) is 16.5 Å². The maximum absolute atomic E-state index is 4.57. The van der Waals surface area contributed by atoms with Crippen molar-refractivity contribution in [3.05, 3.63) is 84.1 Å². The van der Waals surface area contributed by atoms with E-state index >= 15 is 0 Å². The van der Waals surface area contributed by atoms with Gasteiger partial charge in [-0.05, 0) is 61.1 Å². The van der Waals surface area contributed by atoms with Crippen LogP contribution in [0.4, 0.5) is 0 Å². The summed E-state index contributed by atoms with van der Waals surface area (Å²) < 4.78 is 0. The van der Waals surface area contributed by atoms with Crippen LogP contribution in [0.1, 0.15) is 36.8 Å². The van der Waals surface area contributed by atoms with Crippen molar-refractivity contribution in [1.82, 2.24) is 9.88 Å². The molecular weight excluding hydrogens is 399 g/mol. The van der Waals surface area contributed by atoms with Gasteiger partial charge in [-0.15, -0.1) is 24.8 Å². The molecule has 1 aliphatic heterocycles. The highest BCUT2D eigenvalue weighted by Gasteiger charge is 2.12. The Morgan fingerprint density at radius 2 is 1.66 bits per heavy atom. The Kier molecular flexibility index (Phi) is 9.66. The lowest BCUT2D eigenvalue weighted by Gasteiger charge is -2.26. The lowest BCUT2D eigenvalue weighted by molar-refractivity contribution is 0.294. The number of fused-ring (bicyclic) bond motifs is 1.